The van der Waals surface area contributed by atoms with Gasteiger partial charge in [-0.1, -0.05) is 0 Å². The number of carbonyl (C=O) groups excluding carboxylic acids is 1. The molecule has 0 spiro atoms. The number of benzene rings is 1. The van der Waals surface area contributed by atoms with Gasteiger partial charge in [-0.2, -0.15) is 15.0 Å². The monoisotopic (exact) mass is 378 g/mol. The molecule has 1 aliphatic heterocycles. The number of hydrogen-bond donors (Lipinski definition) is 2. The second-order valence-electron chi connectivity index (χ2n) is 6.02. The van der Waals surface area contributed by atoms with Crippen molar-refractivity contribution in [1.82, 2.24) is 20.3 Å². The molecular formula is C17H20F2N6O2. The Morgan fingerprint density at radius 2 is 1.93 bits per heavy atom. The van der Waals surface area contributed by atoms with Gasteiger partial charge in [0, 0.05) is 24.8 Å². The van der Waals surface area contributed by atoms with Gasteiger partial charge >= 0.3 is 12.0 Å². The minimum atomic E-state index is -1.04. The van der Waals surface area contributed by atoms with E-state index in [0.29, 0.717) is 11.8 Å². The molecule has 2 amide bonds. The van der Waals surface area contributed by atoms with Crippen LogP contribution in [0.25, 0.3) is 0 Å². The van der Waals surface area contributed by atoms with E-state index in [-0.39, 0.29) is 18.2 Å². The van der Waals surface area contributed by atoms with Crippen LogP contribution in [-0.4, -0.2) is 41.2 Å². The van der Waals surface area contributed by atoms with E-state index in [9.17, 15) is 13.6 Å². The third-order valence-electron chi connectivity index (χ3n) is 4.06. The van der Waals surface area contributed by atoms with E-state index in [4.69, 9.17) is 4.74 Å². The lowest BCUT2D eigenvalue weighted by atomic mass is 10.1. The van der Waals surface area contributed by atoms with E-state index in [0.717, 1.165) is 38.1 Å². The molecule has 1 saturated heterocycles. The number of ether oxygens (including phenoxy) is 1. The van der Waals surface area contributed by atoms with Crippen LogP contribution in [0, 0.1) is 11.6 Å². The molecule has 1 aliphatic rings. The molecule has 0 aliphatic carbocycles. The van der Waals surface area contributed by atoms with Gasteiger partial charge in [0.2, 0.25) is 5.95 Å². The molecule has 1 aromatic carbocycles. The van der Waals surface area contributed by atoms with E-state index in [2.05, 4.69) is 30.5 Å². The Morgan fingerprint density at radius 3 is 2.63 bits per heavy atom. The first-order valence-corrected chi connectivity index (χ1v) is 8.59. The van der Waals surface area contributed by atoms with Crippen molar-refractivity contribution in [2.75, 3.05) is 30.4 Å². The Bertz CT molecular complexity index is 814. The molecule has 0 atom stereocenters. The van der Waals surface area contributed by atoms with Crippen LogP contribution in [0.5, 0.6) is 6.01 Å². The number of rotatable bonds is 5. The summed E-state index contributed by atoms with van der Waals surface area (Å²) in [5, 5.41) is 4.99. The number of urea groups is 1. The van der Waals surface area contributed by atoms with Crippen molar-refractivity contribution in [3.63, 3.8) is 0 Å². The summed E-state index contributed by atoms with van der Waals surface area (Å²) in [5.74, 6) is -1.17. The number of carbonyl (C=O) groups is 1. The van der Waals surface area contributed by atoms with Crippen LogP contribution in [0.4, 0.5) is 25.2 Å². The summed E-state index contributed by atoms with van der Waals surface area (Å²) in [6, 6.07) is 2.67. The third-order valence-corrected chi connectivity index (χ3v) is 4.06. The molecule has 10 heteroatoms. The predicted molar refractivity (Wildman–Crippen MR) is 94.7 cm³/mol. The van der Waals surface area contributed by atoms with Gasteiger partial charge < -0.3 is 20.3 Å². The SMILES string of the molecule is COc1nc(CNC(=O)Nc2ccc(F)c(F)c2)nc(N2CCCCC2)n1. The standard InChI is InChI=1S/C17H20F2N6O2/c1-27-17-23-14(22-15(24-17)25-7-3-2-4-8-25)10-20-16(26)21-11-5-6-12(18)13(19)9-11/h5-6,9H,2-4,7-8,10H2,1H3,(H2,20,21,26). The molecule has 2 N–H and O–H groups in total. The van der Waals surface area contributed by atoms with E-state index >= 15 is 0 Å². The minimum Gasteiger partial charge on any atom is -0.467 e. The Kier molecular flexibility index (Phi) is 5.94. The zero-order chi connectivity index (χ0) is 19.2. The molecule has 1 aromatic heterocycles. The number of methoxy groups -OCH3 is 1. The number of nitrogens with one attached hydrogen (secondary N) is 2. The van der Waals surface area contributed by atoms with Gasteiger partial charge in [-0.15, -0.1) is 0 Å². The summed E-state index contributed by atoms with van der Waals surface area (Å²) in [4.78, 5) is 26.8. The van der Waals surface area contributed by atoms with Crippen molar-refractivity contribution >= 4 is 17.7 Å². The van der Waals surface area contributed by atoms with Gasteiger partial charge in [0.05, 0.1) is 13.7 Å². The summed E-state index contributed by atoms with van der Waals surface area (Å²) in [6.45, 7) is 1.74. The average molecular weight is 378 g/mol. The summed E-state index contributed by atoms with van der Waals surface area (Å²) in [7, 11) is 1.46. The summed E-state index contributed by atoms with van der Waals surface area (Å²) in [5.41, 5.74) is 0.133. The van der Waals surface area contributed by atoms with Crippen LogP contribution in [0.3, 0.4) is 0 Å². The van der Waals surface area contributed by atoms with Crippen molar-refractivity contribution in [2.24, 2.45) is 0 Å². The normalized spacial score (nSPS) is 14.0. The van der Waals surface area contributed by atoms with Crippen LogP contribution < -0.4 is 20.3 Å². The van der Waals surface area contributed by atoms with E-state index in [1.165, 1.54) is 19.6 Å². The third kappa shape index (κ3) is 4.99. The van der Waals surface area contributed by atoms with Crippen LogP contribution in [0.15, 0.2) is 18.2 Å². The van der Waals surface area contributed by atoms with Gasteiger partial charge in [0.15, 0.2) is 17.5 Å². The quantitative estimate of drug-likeness (QED) is 0.830. The van der Waals surface area contributed by atoms with Crippen molar-refractivity contribution in [3.05, 3.63) is 35.7 Å². The molecule has 3 rings (SSSR count). The van der Waals surface area contributed by atoms with Gasteiger partial charge in [-0.25, -0.2) is 13.6 Å². The highest BCUT2D eigenvalue weighted by molar-refractivity contribution is 5.89. The van der Waals surface area contributed by atoms with Gasteiger partial charge in [-0.3, -0.25) is 0 Å². The number of anilines is 2. The van der Waals surface area contributed by atoms with Crippen molar-refractivity contribution in [1.29, 1.82) is 0 Å². The molecule has 0 saturated carbocycles. The topological polar surface area (TPSA) is 92.3 Å². The number of halogens is 2. The highest BCUT2D eigenvalue weighted by Gasteiger charge is 2.17. The number of amides is 2. The highest BCUT2D eigenvalue weighted by atomic mass is 19.2. The second-order valence-corrected chi connectivity index (χ2v) is 6.02. The number of hydrogen-bond acceptors (Lipinski definition) is 6. The summed E-state index contributed by atoms with van der Waals surface area (Å²) in [6.07, 6.45) is 3.31. The van der Waals surface area contributed by atoms with Crippen LogP contribution in [0.1, 0.15) is 25.1 Å². The van der Waals surface area contributed by atoms with Crippen molar-refractivity contribution in [3.8, 4) is 6.01 Å². The van der Waals surface area contributed by atoms with Crippen molar-refractivity contribution in [2.45, 2.75) is 25.8 Å². The molecule has 27 heavy (non-hydrogen) atoms. The number of nitrogens with zero attached hydrogens (tertiary/aromatic N) is 4. The molecule has 8 nitrogen and oxygen atoms in total. The summed E-state index contributed by atoms with van der Waals surface area (Å²) < 4.78 is 31.2. The molecule has 0 unspecified atom stereocenters. The molecule has 2 heterocycles. The van der Waals surface area contributed by atoms with Crippen LogP contribution in [-0.2, 0) is 6.54 Å². The van der Waals surface area contributed by atoms with Crippen LogP contribution >= 0.6 is 0 Å². The minimum absolute atomic E-state index is 0.0230. The maximum absolute atomic E-state index is 13.2. The predicted octanol–water partition coefficient (Wildman–Crippen LogP) is 2.47. The first-order valence-electron chi connectivity index (χ1n) is 8.59. The Morgan fingerprint density at radius 1 is 1.15 bits per heavy atom. The Balaban J connectivity index is 1.63. The smallest absolute Gasteiger partial charge is 0.321 e. The average Bonchev–Trinajstić information content (AvgIpc) is 2.69. The zero-order valence-corrected chi connectivity index (χ0v) is 14.8. The van der Waals surface area contributed by atoms with Crippen molar-refractivity contribution < 1.29 is 18.3 Å². The largest absolute Gasteiger partial charge is 0.467 e. The molecule has 0 radical (unpaired) electrons. The molecule has 2 aromatic rings. The van der Waals surface area contributed by atoms with Crippen LogP contribution in [0.2, 0.25) is 0 Å². The van der Waals surface area contributed by atoms with Gasteiger partial charge in [0.25, 0.3) is 0 Å². The maximum Gasteiger partial charge on any atom is 0.321 e. The fraction of sp³-hybridized carbons (Fsp3) is 0.412. The fourth-order valence-corrected chi connectivity index (χ4v) is 2.70. The Hall–Kier alpha value is -3.04. The zero-order valence-electron chi connectivity index (χ0n) is 14.8. The molecule has 144 valence electrons. The molecular weight excluding hydrogens is 358 g/mol. The fourth-order valence-electron chi connectivity index (χ4n) is 2.70. The summed E-state index contributed by atoms with van der Waals surface area (Å²) >= 11 is 0. The lowest BCUT2D eigenvalue weighted by molar-refractivity contribution is 0.251. The molecule has 0 bridgehead atoms. The molecule has 1 fully saturated rings. The van der Waals surface area contributed by atoms with E-state index in [1.54, 1.807) is 0 Å². The lowest BCUT2D eigenvalue weighted by Gasteiger charge is -2.26. The first-order chi connectivity index (χ1) is 13.0. The van der Waals surface area contributed by atoms with E-state index in [1.807, 2.05) is 0 Å². The number of aromatic nitrogens is 3. The Labute approximate surface area is 155 Å². The van der Waals surface area contributed by atoms with Gasteiger partial charge in [-0.05, 0) is 31.4 Å². The second kappa shape index (κ2) is 8.56. The maximum atomic E-state index is 13.2. The first kappa shape index (κ1) is 18.7. The highest BCUT2D eigenvalue weighted by Crippen LogP contribution is 2.18. The number of piperidine rings is 1. The van der Waals surface area contributed by atoms with Gasteiger partial charge in [0.1, 0.15) is 0 Å². The lowest BCUT2D eigenvalue weighted by Crippen LogP contribution is -2.32. The van der Waals surface area contributed by atoms with E-state index < -0.39 is 17.7 Å².